The molecular weight excluding hydrogens is 381 g/mol. The maximum Gasteiger partial charge on any atom is 0.283 e. The molecule has 0 amide bonds. The van der Waals surface area contributed by atoms with Crippen molar-refractivity contribution in [2.45, 2.75) is 10.2 Å². The second-order valence-corrected chi connectivity index (χ2v) is 6.41. The van der Waals surface area contributed by atoms with Crippen molar-refractivity contribution in [1.29, 1.82) is 5.41 Å². The van der Waals surface area contributed by atoms with E-state index in [1.54, 1.807) is 36.5 Å². The summed E-state index contributed by atoms with van der Waals surface area (Å²) in [7, 11) is 0. The van der Waals surface area contributed by atoms with Gasteiger partial charge in [0.15, 0.2) is 0 Å². The quantitative estimate of drug-likeness (QED) is 0.305. The molecule has 0 saturated carbocycles. The highest BCUT2D eigenvalue weighted by Gasteiger charge is 2.12. The Balaban J connectivity index is 1.69. The van der Waals surface area contributed by atoms with Crippen LogP contribution in [0.15, 0.2) is 74.4 Å². The lowest BCUT2D eigenvalue weighted by molar-refractivity contribution is 0.464. The Labute approximate surface area is 162 Å². The average molecular weight is 393 g/mol. The van der Waals surface area contributed by atoms with Crippen LogP contribution in [-0.2, 0) is 0 Å². The Morgan fingerprint density at radius 2 is 2.04 bits per heavy atom. The van der Waals surface area contributed by atoms with E-state index >= 15 is 0 Å². The first-order valence-electron chi connectivity index (χ1n) is 8.04. The summed E-state index contributed by atoms with van der Waals surface area (Å²) in [5, 5.41) is 16.1. The topological polar surface area (TPSA) is 117 Å². The molecule has 0 aliphatic rings. The summed E-state index contributed by atoms with van der Waals surface area (Å²) in [6.45, 7) is 0. The maximum absolute atomic E-state index is 13.6. The third-order valence-electron chi connectivity index (χ3n) is 3.52. The maximum atomic E-state index is 13.6. The molecule has 10 heteroatoms. The Morgan fingerprint density at radius 3 is 2.82 bits per heavy atom. The predicted molar refractivity (Wildman–Crippen MR) is 100.0 cm³/mol. The first-order valence-corrected chi connectivity index (χ1v) is 8.86. The van der Waals surface area contributed by atoms with Crippen molar-refractivity contribution in [3.8, 4) is 22.8 Å². The summed E-state index contributed by atoms with van der Waals surface area (Å²) >= 11 is 1.16. The molecule has 28 heavy (non-hydrogen) atoms. The van der Waals surface area contributed by atoms with E-state index in [0.717, 1.165) is 18.1 Å². The van der Waals surface area contributed by atoms with E-state index in [1.165, 1.54) is 12.1 Å². The van der Waals surface area contributed by atoms with Crippen LogP contribution in [0.1, 0.15) is 0 Å². The first kappa shape index (κ1) is 17.7. The number of aromatic amines is 1. The van der Waals surface area contributed by atoms with Crippen molar-refractivity contribution < 1.29 is 8.81 Å². The number of H-pyrrole nitrogens is 1. The van der Waals surface area contributed by atoms with Gasteiger partial charge in [0.25, 0.3) is 11.1 Å². The summed E-state index contributed by atoms with van der Waals surface area (Å²) in [5.74, 6) is -0.0734. The van der Waals surface area contributed by atoms with Crippen LogP contribution < -0.4 is 5.62 Å². The van der Waals surface area contributed by atoms with E-state index in [2.05, 4.69) is 30.1 Å². The van der Waals surface area contributed by atoms with Crippen molar-refractivity contribution in [2.75, 3.05) is 0 Å². The molecule has 0 aliphatic heterocycles. The molecule has 138 valence electrons. The molecule has 2 N–H and O–H groups in total. The average Bonchev–Trinajstić information content (AvgIpc) is 3.17. The highest BCUT2D eigenvalue weighted by atomic mass is 32.2. The van der Waals surface area contributed by atoms with Gasteiger partial charge in [-0.2, -0.15) is 0 Å². The summed E-state index contributed by atoms with van der Waals surface area (Å²) in [4.78, 5) is 15.3. The fourth-order valence-electron chi connectivity index (χ4n) is 2.36. The van der Waals surface area contributed by atoms with Crippen molar-refractivity contribution in [2.24, 2.45) is 4.99 Å². The van der Waals surface area contributed by atoms with E-state index in [0.29, 0.717) is 27.9 Å². The van der Waals surface area contributed by atoms with Gasteiger partial charge in [0.2, 0.25) is 5.62 Å². The zero-order valence-corrected chi connectivity index (χ0v) is 15.0. The lowest BCUT2D eigenvalue weighted by Gasteiger charge is -2.04. The van der Waals surface area contributed by atoms with Gasteiger partial charge in [0, 0.05) is 11.8 Å². The van der Waals surface area contributed by atoms with Crippen LogP contribution >= 0.6 is 11.8 Å². The smallest absolute Gasteiger partial charge is 0.283 e. The van der Waals surface area contributed by atoms with Crippen LogP contribution in [0.4, 0.5) is 4.39 Å². The van der Waals surface area contributed by atoms with Gasteiger partial charge in [0.1, 0.15) is 17.8 Å². The number of benzene rings is 1. The van der Waals surface area contributed by atoms with E-state index in [4.69, 9.17) is 9.83 Å². The third-order valence-corrected chi connectivity index (χ3v) is 4.30. The molecule has 1 aromatic carbocycles. The fourth-order valence-corrected chi connectivity index (χ4v) is 3.06. The largest absolute Gasteiger partial charge is 0.409 e. The number of aromatic nitrogens is 5. The second kappa shape index (κ2) is 7.92. The van der Waals surface area contributed by atoms with E-state index in [9.17, 15) is 4.39 Å². The van der Waals surface area contributed by atoms with Crippen molar-refractivity contribution in [3.05, 3.63) is 66.2 Å². The van der Waals surface area contributed by atoms with Crippen LogP contribution in [0.2, 0.25) is 0 Å². The Hall–Kier alpha value is -3.66. The zero-order chi connectivity index (χ0) is 19.3. The van der Waals surface area contributed by atoms with Crippen molar-refractivity contribution in [3.63, 3.8) is 0 Å². The molecule has 0 unspecified atom stereocenters. The minimum Gasteiger partial charge on any atom is -0.409 e. The molecule has 0 radical (unpaired) electrons. The lowest BCUT2D eigenvalue weighted by Crippen LogP contribution is -2.14. The molecule has 4 rings (SSSR count). The summed E-state index contributed by atoms with van der Waals surface area (Å²) in [5.41, 5.74) is 1.84. The van der Waals surface area contributed by atoms with E-state index < -0.39 is 0 Å². The molecular formula is C18H12FN7OS. The first-order chi connectivity index (χ1) is 13.7. The molecule has 4 aromatic rings. The van der Waals surface area contributed by atoms with Crippen LogP contribution in [0.25, 0.3) is 22.8 Å². The molecule has 0 spiro atoms. The number of hydrogen-bond donors (Lipinski definition) is 2. The van der Waals surface area contributed by atoms with Crippen LogP contribution in [0, 0.1) is 11.2 Å². The third kappa shape index (κ3) is 4.01. The van der Waals surface area contributed by atoms with Gasteiger partial charge in [-0.3, -0.25) is 10.4 Å². The molecule has 3 heterocycles. The van der Waals surface area contributed by atoms with E-state index in [-0.39, 0.29) is 16.7 Å². The number of nitrogens with zero attached hydrogens (tertiary/aromatic N) is 5. The summed E-state index contributed by atoms with van der Waals surface area (Å²) < 4.78 is 19.2. The van der Waals surface area contributed by atoms with Gasteiger partial charge >= 0.3 is 0 Å². The van der Waals surface area contributed by atoms with Crippen LogP contribution in [-0.4, -0.2) is 31.5 Å². The number of rotatable bonds is 5. The Morgan fingerprint density at radius 1 is 1.11 bits per heavy atom. The molecule has 0 fully saturated rings. The number of hydrogen-bond acceptors (Lipinski definition) is 7. The van der Waals surface area contributed by atoms with Crippen LogP contribution in [0.5, 0.6) is 0 Å². The van der Waals surface area contributed by atoms with Crippen molar-refractivity contribution >= 4 is 18.1 Å². The number of nitrogens with one attached hydrogen (secondary N) is 2. The van der Waals surface area contributed by atoms with Crippen LogP contribution in [0.3, 0.4) is 0 Å². The summed E-state index contributed by atoms with van der Waals surface area (Å²) in [6, 6.07) is 13.2. The minimum absolute atomic E-state index is 0.198. The summed E-state index contributed by atoms with van der Waals surface area (Å²) in [6.07, 6.45) is 2.51. The SMILES string of the molecule is N=C/N=c1/nc(-c2cccc(F)c2)cc(Sc2nnc(-c3ccccn3)o2)[nH]1. The van der Waals surface area contributed by atoms with E-state index in [1.807, 2.05) is 6.07 Å². The number of pyridine rings is 1. The number of halogens is 1. The van der Waals surface area contributed by atoms with Crippen molar-refractivity contribution in [1.82, 2.24) is 25.1 Å². The lowest BCUT2D eigenvalue weighted by atomic mass is 10.1. The molecule has 0 aliphatic carbocycles. The highest BCUT2D eigenvalue weighted by Crippen LogP contribution is 2.28. The zero-order valence-electron chi connectivity index (χ0n) is 14.2. The molecule has 0 atom stereocenters. The molecule has 8 nitrogen and oxygen atoms in total. The minimum atomic E-state index is -0.371. The van der Waals surface area contributed by atoms with Gasteiger partial charge < -0.3 is 9.40 Å². The Bertz CT molecular complexity index is 1190. The monoisotopic (exact) mass is 393 g/mol. The predicted octanol–water partition coefficient (Wildman–Crippen LogP) is 3.32. The van der Waals surface area contributed by atoms with Gasteiger partial charge in [-0.15, -0.1) is 10.2 Å². The van der Waals surface area contributed by atoms with Gasteiger partial charge in [-0.1, -0.05) is 18.2 Å². The molecule has 0 bridgehead atoms. The standard InChI is InChI=1S/C18H12FN7OS/c19-12-5-3-4-11(8-12)14-9-15(24-17(23-14)22-10-20)28-18-26-25-16(27-18)13-6-1-2-7-21-13/h1-10H,(H2,20,22,23,24). The van der Waals surface area contributed by atoms with Gasteiger partial charge in [-0.05, 0) is 42.1 Å². The molecule has 0 saturated heterocycles. The van der Waals surface area contributed by atoms with Gasteiger partial charge in [0.05, 0.1) is 10.7 Å². The van der Waals surface area contributed by atoms with Gasteiger partial charge in [-0.25, -0.2) is 14.4 Å². The fraction of sp³-hybridized carbons (Fsp3) is 0. The Kier molecular flexibility index (Phi) is 5.02. The normalized spacial score (nSPS) is 11.5. The second-order valence-electron chi connectivity index (χ2n) is 5.41. The highest BCUT2D eigenvalue weighted by molar-refractivity contribution is 7.99. The molecule has 3 aromatic heterocycles.